The van der Waals surface area contributed by atoms with Crippen LogP contribution in [0.15, 0.2) is 66.7 Å². The fraction of sp³-hybridized carbons (Fsp3) is 0.367. The zero-order valence-electron chi connectivity index (χ0n) is 20.7. The Kier molecular flexibility index (Phi) is 7.92. The molecule has 0 aliphatic heterocycles. The maximum atomic E-state index is 12.8. The van der Waals surface area contributed by atoms with Crippen LogP contribution in [0.4, 0.5) is 8.78 Å². The second-order valence-electron chi connectivity index (χ2n) is 10.1. The number of benzene rings is 3. The summed E-state index contributed by atoms with van der Waals surface area (Å²) < 4.78 is 36.4. The predicted molar refractivity (Wildman–Crippen MR) is 136 cm³/mol. The highest BCUT2D eigenvalue weighted by Crippen LogP contribution is 2.51. The second kappa shape index (κ2) is 11.1. The summed E-state index contributed by atoms with van der Waals surface area (Å²) in [4.78, 5) is 11.0. The number of ether oxygens (including phenoxy) is 2. The maximum Gasteiger partial charge on any atom is 0.387 e. The van der Waals surface area contributed by atoms with Gasteiger partial charge >= 0.3 is 12.6 Å². The van der Waals surface area contributed by atoms with Crippen molar-refractivity contribution in [2.24, 2.45) is 5.41 Å². The lowest BCUT2D eigenvalue weighted by Crippen LogP contribution is -2.16. The zero-order chi connectivity index (χ0) is 25.7. The molecule has 0 spiro atoms. The van der Waals surface area contributed by atoms with Gasteiger partial charge in [0.2, 0.25) is 0 Å². The molecule has 190 valence electrons. The van der Waals surface area contributed by atoms with Gasteiger partial charge in [-0.2, -0.15) is 8.78 Å². The molecule has 4 nitrogen and oxygen atoms in total. The molecule has 1 aliphatic rings. The van der Waals surface area contributed by atoms with E-state index in [1.54, 1.807) is 18.2 Å². The summed E-state index contributed by atoms with van der Waals surface area (Å²) in [5.74, 6) is 0.314. The van der Waals surface area contributed by atoms with Crippen LogP contribution in [0.3, 0.4) is 0 Å². The van der Waals surface area contributed by atoms with Crippen molar-refractivity contribution in [1.29, 1.82) is 0 Å². The van der Waals surface area contributed by atoms with Crippen LogP contribution in [-0.4, -0.2) is 17.7 Å². The van der Waals surface area contributed by atoms with Gasteiger partial charge in [0.25, 0.3) is 0 Å². The van der Waals surface area contributed by atoms with Gasteiger partial charge in [-0.1, -0.05) is 68.8 Å². The number of para-hydroxylation sites is 1. The van der Waals surface area contributed by atoms with Crippen molar-refractivity contribution in [3.63, 3.8) is 0 Å². The number of aliphatic carboxylic acids is 1. The van der Waals surface area contributed by atoms with Gasteiger partial charge in [0, 0.05) is 6.42 Å². The van der Waals surface area contributed by atoms with Gasteiger partial charge in [0.1, 0.15) is 18.1 Å². The Bertz CT molecular complexity index is 1210. The molecule has 6 heteroatoms. The minimum absolute atomic E-state index is 0.0460. The van der Waals surface area contributed by atoms with Crippen LogP contribution in [0, 0.1) is 5.41 Å². The predicted octanol–water partition coefficient (Wildman–Crippen LogP) is 7.84. The van der Waals surface area contributed by atoms with E-state index in [2.05, 4.69) is 24.7 Å². The van der Waals surface area contributed by atoms with E-state index in [-0.39, 0.29) is 17.6 Å². The Hall–Kier alpha value is -3.41. The second-order valence-corrected chi connectivity index (χ2v) is 10.1. The van der Waals surface area contributed by atoms with Crippen molar-refractivity contribution < 1.29 is 28.2 Å². The summed E-state index contributed by atoms with van der Waals surface area (Å²) in [6.07, 6.45) is 3.79. The van der Waals surface area contributed by atoms with Gasteiger partial charge in [0.15, 0.2) is 0 Å². The molecule has 1 atom stereocenters. The first-order valence-electron chi connectivity index (χ1n) is 12.3. The van der Waals surface area contributed by atoms with Crippen LogP contribution in [0.2, 0.25) is 0 Å². The first-order valence-corrected chi connectivity index (χ1v) is 12.3. The van der Waals surface area contributed by atoms with Crippen molar-refractivity contribution >= 4 is 5.97 Å². The number of alkyl halides is 2. The van der Waals surface area contributed by atoms with Crippen LogP contribution in [0.25, 0.3) is 11.1 Å². The lowest BCUT2D eigenvalue weighted by molar-refractivity contribution is -0.136. The molecule has 3 aromatic carbocycles. The van der Waals surface area contributed by atoms with E-state index in [0.717, 1.165) is 41.5 Å². The number of rotatable bonds is 10. The maximum absolute atomic E-state index is 12.8. The molecule has 0 radical (unpaired) electrons. The molecule has 0 heterocycles. The highest BCUT2D eigenvalue weighted by molar-refractivity contribution is 5.70. The molecule has 4 rings (SSSR count). The molecule has 0 saturated heterocycles. The zero-order valence-corrected chi connectivity index (χ0v) is 20.7. The number of hydrogen-bond donors (Lipinski definition) is 1. The molecule has 0 amide bonds. The monoisotopic (exact) mass is 494 g/mol. The van der Waals surface area contributed by atoms with E-state index in [9.17, 15) is 13.6 Å². The molecule has 1 aliphatic carbocycles. The number of aryl methyl sites for hydroxylation is 1. The minimum Gasteiger partial charge on any atom is -0.489 e. The fourth-order valence-electron chi connectivity index (χ4n) is 5.25. The summed E-state index contributed by atoms with van der Waals surface area (Å²) in [6, 6.07) is 20.6. The summed E-state index contributed by atoms with van der Waals surface area (Å²) in [7, 11) is 0. The highest BCUT2D eigenvalue weighted by Gasteiger charge is 2.36. The molecule has 1 N–H and O–H groups in total. The van der Waals surface area contributed by atoms with Crippen molar-refractivity contribution in [1.82, 2.24) is 0 Å². The SMILES string of the molecule is CC1(C)CCC[C@@H]1c1cc(COc2ccccc2CCC(=O)O)ccc1-c1cccc(OC(F)F)c1. The summed E-state index contributed by atoms with van der Waals surface area (Å²) in [5, 5.41) is 9.04. The Morgan fingerprint density at radius 1 is 1.08 bits per heavy atom. The van der Waals surface area contributed by atoms with E-state index >= 15 is 0 Å². The molecule has 0 bridgehead atoms. The first kappa shape index (κ1) is 25.7. The molecule has 36 heavy (non-hydrogen) atoms. The standard InChI is InChI=1S/C30H32F2O4/c1-30(2)16-6-10-26(30)25-17-20(19-35-27-11-4-3-7-21(27)13-15-28(33)34)12-14-24(25)22-8-5-9-23(18-22)36-29(31)32/h3-5,7-9,11-12,14,17-18,26,29H,6,10,13,15-16,19H2,1-2H3,(H,33,34)/t26-/m1/s1. The Labute approximate surface area is 210 Å². The van der Waals surface area contributed by atoms with E-state index < -0.39 is 12.6 Å². The van der Waals surface area contributed by atoms with Crippen LogP contribution >= 0.6 is 0 Å². The van der Waals surface area contributed by atoms with Gasteiger partial charge < -0.3 is 14.6 Å². The molecular weight excluding hydrogens is 462 g/mol. The van der Waals surface area contributed by atoms with Crippen LogP contribution in [0.5, 0.6) is 11.5 Å². The van der Waals surface area contributed by atoms with Crippen molar-refractivity contribution in [2.75, 3.05) is 0 Å². The Balaban J connectivity index is 1.64. The summed E-state index contributed by atoms with van der Waals surface area (Å²) >= 11 is 0. The van der Waals surface area contributed by atoms with Crippen LogP contribution in [0.1, 0.15) is 62.1 Å². The average Bonchev–Trinajstić information content (AvgIpc) is 3.20. The molecule has 0 aromatic heterocycles. The quantitative estimate of drug-likeness (QED) is 0.312. The number of hydrogen-bond acceptors (Lipinski definition) is 3. The lowest BCUT2D eigenvalue weighted by atomic mass is 9.75. The van der Waals surface area contributed by atoms with Gasteiger partial charge in [-0.05, 0) is 76.6 Å². The van der Waals surface area contributed by atoms with Gasteiger partial charge in [-0.25, -0.2) is 0 Å². The summed E-state index contributed by atoms with van der Waals surface area (Å²) in [6.45, 7) is 2.05. The van der Waals surface area contributed by atoms with E-state index in [4.69, 9.17) is 9.84 Å². The molecule has 1 saturated carbocycles. The largest absolute Gasteiger partial charge is 0.489 e. The molecular formula is C30H32F2O4. The van der Waals surface area contributed by atoms with Gasteiger partial charge in [0.05, 0.1) is 0 Å². The topological polar surface area (TPSA) is 55.8 Å². The third kappa shape index (κ3) is 6.23. The normalized spacial score (nSPS) is 16.8. The number of carboxylic acids is 1. The third-order valence-corrected chi connectivity index (χ3v) is 7.09. The van der Waals surface area contributed by atoms with Crippen LogP contribution in [-0.2, 0) is 17.8 Å². The van der Waals surface area contributed by atoms with Crippen molar-refractivity contribution in [3.05, 3.63) is 83.4 Å². The Morgan fingerprint density at radius 3 is 2.61 bits per heavy atom. The fourth-order valence-corrected chi connectivity index (χ4v) is 5.25. The van der Waals surface area contributed by atoms with Gasteiger partial charge in [-0.15, -0.1) is 0 Å². The minimum atomic E-state index is -2.87. The third-order valence-electron chi connectivity index (χ3n) is 7.09. The van der Waals surface area contributed by atoms with Gasteiger partial charge in [-0.3, -0.25) is 4.79 Å². The van der Waals surface area contributed by atoms with Crippen LogP contribution < -0.4 is 9.47 Å². The average molecular weight is 495 g/mol. The van der Waals surface area contributed by atoms with E-state index in [1.165, 1.54) is 5.56 Å². The highest BCUT2D eigenvalue weighted by atomic mass is 19.3. The molecule has 0 unspecified atom stereocenters. The Morgan fingerprint density at radius 2 is 1.89 bits per heavy atom. The van der Waals surface area contributed by atoms with Crippen molar-refractivity contribution in [2.45, 2.75) is 65.1 Å². The van der Waals surface area contributed by atoms with E-state index in [0.29, 0.717) is 24.7 Å². The molecule has 3 aromatic rings. The van der Waals surface area contributed by atoms with Crippen molar-refractivity contribution in [3.8, 4) is 22.6 Å². The number of carbonyl (C=O) groups is 1. The first-order chi connectivity index (χ1) is 17.2. The smallest absolute Gasteiger partial charge is 0.387 e. The number of carboxylic acid groups (broad SMARTS) is 1. The number of halogens is 2. The summed E-state index contributed by atoms with van der Waals surface area (Å²) in [5.41, 5.74) is 5.04. The lowest BCUT2D eigenvalue weighted by Gasteiger charge is -2.30. The van der Waals surface area contributed by atoms with E-state index in [1.807, 2.05) is 42.5 Å². The molecule has 1 fully saturated rings.